The van der Waals surface area contributed by atoms with Crippen LogP contribution in [-0.4, -0.2) is 15.2 Å². The summed E-state index contributed by atoms with van der Waals surface area (Å²) in [4.78, 5) is 0.738. The van der Waals surface area contributed by atoms with Crippen molar-refractivity contribution in [3.05, 3.63) is 16.4 Å². The minimum Gasteiger partial charge on any atom is -0.411 e. The van der Waals surface area contributed by atoms with E-state index in [-0.39, 0.29) is 17.0 Å². The molecule has 0 saturated heterocycles. The molecule has 58 valence electrons. The summed E-state index contributed by atoms with van der Waals surface area (Å²) in [6, 6.07) is 0. The fourth-order valence-corrected chi connectivity index (χ4v) is 0.850. The van der Waals surface area contributed by atoms with E-state index in [0.29, 0.717) is 11.1 Å². The average Bonchev–Trinajstić information content (AvgIpc) is 2.15. The third-order valence-electron chi connectivity index (χ3n) is 0.983. The molecule has 0 aromatic carbocycles. The smallest absolute Gasteiger partial charge is 0.149 e. The molecule has 0 unspecified atom stereocenters. The van der Waals surface area contributed by atoms with E-state index in [1.165, 1.54) is 6.20 Å². The topological polar surface area (TPSA) is 64.1 Å². The molecule has 0 atom stereocenters. The van der Waals surface area contributed by atoms with E-state index in [1.807, 2.05) is 0 Å². The Balaban J connectivity index is 0.000000810. The Kier molecular flexibility index (Phi) is 3.92. The molecule has 4 nitrogen and oxygen atoms in total. The van der Waals surface area contributed by atoms with Crippen LogP contribution in [0.4, 0.5) is 0 Å². The van der Waals surface area contributed by atoms with Crippen LogP contribution in [0.5, 0.6) is 0 Å². The molecule has 1 aromatic heterocycles. The Hall–Kier alpha value is -0.0700. The molecule has 0 aliphatic heterocycles. The number of hydrogen-bond acceptors (Lipinski definition) is 3. The zero-order valence-corrected chi connectivity index (χ0v) is 8.29. The van der Waals surface area contributed by atoms with Gasteiger partial charge in [-0.15, -0.1) is 22.1 Å². The standard InChI is InChI=1S/C4H6BrN3O.BrH/c5-4-3(1-6)2-7-8(4)9;/h2,9H,1,6H2;1H. The van der Waals surface area contributed by atoms with E-state index in [2.05, 4.69) is 21.0 Å². The van der Waals surface area contributed by atoms with Crippen molar-refractivity contribution in [1.29, 1.82) is 0 Å². The summed E-state index contributed by atoms with van der Waals surface area (Å²) in [6.45, 7) is 0.376. The zero-order valence-electron chi connectivity index (χ0n) is 4.99. The molecular weight excluding hydrogens is 266 g/mol. The molecular formula is C4H7Br2N3O. The fraction of sp³-hybridized carbons (Fsp3) is 0.250. The monoisotopic (exact) mass is 271 g/mol. The minimum atomic E-state index is 0. The Morgan fingerprint density at radius 3 is 2.60 bits per heavy atom. The van der Waals surface area contributed by atoms with Gasteiger partial charge in [-0.05, 0) is 15.9 Å². The van der Waals surface area contributed by atoms with Crippen LogP contribution in [-0.2, 0) is 6.54 Å². The maximum atomic E-state index is 8.77. The molecule has 0 spiro atoms. The highest BCUT2D eigenvalue weighted by atomic mass is 79.9. The lowest BCUT2D eigenvalue weighted by Gasteiger charge is -1.90. The van der Waals surface area contributed by atoms with Gasteiger partial charge in [-0.25, -0.2) is 0 Å². The number of rotatable bonds is 1. The number of nitrogens with zero attached hydrogens (tertiary/aromatic N) is 2. The largest absolute Gasteiger partial charge is 0.411 e. The Morgan fingerprint density at radius 2 is 2.40 bits per heavy atom. The first-order valence-corrected chi connectivity index (χ1v) is 3.16. The van der Waals surface area contributed by atoms with Crippen molar-refractivity contribution in [1.82, 2.24) is 9.94 Å². The van der Waals surface area contributed by atoms with Crippen molar-refractivity contribution in [2.75, 3.05) is 0 Å². The predicted molar refractivity (Wildman–Crippen MR) is 45.3 cm³/mol. The predicted octanol–water partition coefficient (Wildman–Crippen LogP) is 0.919. The van der Waals surface area contributed by atoms with E-state index < -0.39 is 0 Å². The first kappa shape index (κ1) is 9.93. The Morgan fingerprint density at radius 1 is 1.80 bits per heavy atom. The normalized spacial score (nSPS) is 9.00. The van der Waals surface area contributed by atoms with Gasteiger partial charge in [0.1, 0.15) is 4.60 Å². The van der Waals surface area contributed by atoms with E-state index in [4.69, 9.17) is 10.9 Å². The summed E-state index contributed by atoms with van der Waals surface area (Å²) in [6.07, 6.45) is 1.50. The second-order valence-electron chi connectivity index (χ2n) is 1.55. The number of hydrogen-bond donors (Lipinski definition) is 2. The first-order chi connectivity index (χ1) is 4.25. The molecule has 0 aliphatic rings. The van der Waals surface area contributed by atoms with Crippen LogP contribution < -0.4 is 5.73 Å². The SMILES string of the molecule is Br.NCc1cnn(O)c1Br. The highest BCUT2D eigenvalue weighted by Gasteiger charge is 2.02. The van der Waals surface area contributed by atoms with Gasteiger partial charge in [-0.2, -0.15) is 0 Å². The zero-order chi connectivity index (χ0) is 6.85. The van der Waals surface area contributed by atoms with Crippen LogP contribution in [0.2, 0.25) is 0 Å². The minimum absolute atomic E-state index is 0. The third kappa shape index (κ3) is 1.71. The quantitative estimate of drug-likeness (QED) is 0.748. The summed E-state index contributed by atoms with van der Waals surface area (Å²) in [7, 11) is 0. The molecule has 10 heavy (non-hydrogen) atoms. The van der Waals surface area contributed by atoms with Gasteiger partial charge < -0.3 is 10.9 Å². The van der Waals surface area contributed by atoms with Gasteiger partial charge in [0.15, 0.2) is 0 Å². The van der Waals surface area contributed by atoms with E-state index in [1.54, 1.807) is 0 Å². The lowest BCUT2D eigenvalue weighted by Crippen LogP contribution is -1.96. The fourth-order valence-electron chi connectivity index (χ4n) is 0.494. The molecule has 6 heteroatoms. The summed E-state index contributed by atoms with van der Waals surface area (Å²) in [5.41, 5.74) is 6.06. The van der Waals surface area contributed by atoms with Gasteiger partial charge in [0.25, 0.3) is 0 Å². The number of aromatic nitrogens is 2. The van der Waals surface area contributed by atoms with Crippen molar-refractivity contribution < 1.29 is 5.21 Å². The van der Waals surface area contributed by atoms with Crippen molar-refractivity contribution >= 4 is 32.9 Å². The molecule has 0 fully saturated rings. The van der Waals surface area contributed by atoms with E-state index in [9.17, 15) is 0 Å². The first-order valence-electron chi connectivity index (χ1n) is 2.37. The maximum absolute atomic E-state index is 8.77. The Bertz CT molecular complexity index is 212. The highest BCUT2D eigenvalue weighted by molar-refractivity contribution is 9.10. The molecule has 3 N–H and O–H groups in total. The molecule has 0 amide bonds. The maximum Gasteiger partial charge on any atom is 0.149 e. The third-order valence-corrected chi connectivity index (χ3v) is 1.81. The molecule has 1 aromatic rings. The van der Waals surface area contributed by atoms with Gasteiger partial charge in [0.2, 0.25) is 0 Å². The van der Waals surface area contributed by atoms with Crippen LogP contribution >= 0.6 is 32.9 Å². The van der Waals surface area contributed by atoms with Crippen LogP contribution in [0.3, 0.4) is 0 Å². The molecule has 0 aliphatic carbocycles. The summed E-state index contributed by atoms with van der Waals surface area (Å²) >= 11 is 3.08. The van der Waals surface area contributed by atoms with Crippen LogP contribution in [0.15, 0.2) is 10.8 Å². The molecule has 0 bridgehead atoms. The molecule has 1 rings (SSSR count). The Labute approximate surface area is 76.9 Å². The molecule has 0 saturated carbocycles. The van der Waals surface area contributed by atoms with Crippen molar-refractivity contribution in [2.24, 2.45) is 5.73 Å². The number of halogens is 2. The summed E-state index contributed by atoms with van der Waals surface area (Å²) in [5.74, 6) is 0. The van der Waals surface area contributed by atoms with Crippen LogP contribution in [0.1, 0.15) is 5.56 Å². The lowest BCUT2D eigenvalue weighted by molar-refractivity contribution is 0.142. The van der Waals surface area contributed by atoms with Gasteiger partial charge >= 0.3 is 0 Å². The molecule has 1 heterocycles. The second-order valence-corrected chi connectivity index (χ2v) is 2.31. The van der Waals surface area contributed by atoms with Crippen molar-refractivity contribution in [2.45, 2.75) is 6.54 Å². The highest BCUT2D eigenvalue weighted by Crippen LogP contribution is 2.12. The van der Waals surface area contributed by atoms with Gasteiger partial charge in [0.05, 0.1) is 6.20 Å². The van der Waals surface area contributed by atoms with Gasteiger partial charge in [-0.3, -0.25) is 0 Å². The number of nitrogens with two attached hydrogens (primary N) is 1. The summed E-state index contributed by atoms with van der Waals surface area (Å²) < 4.78 is 0.519. The molecule has 0 radical (unpaired) electrons. The van der Waals surface area contributed by atoms with Crippen LogP contribution in [0, 0.1) is 0 Å². The van der Waals surface area contributed by atoms with Crippen molar-refractivity contribution in [3.8, 4) is 0 Å². The second kappa shape index (κ2) is 3.95. The summed E-state index contributed by atoms with van der Waals surface area (Å²) in [5, 5.41) is 12.3. The van der Waals surface area contributed by atoms with Gasteiger partial charge in [0, 0.05) is 12.1 Å². The van der Waals surface area contributed by atoms with E-state index in [0.717, 1.165) is 10.4 Å². The van der Waals surface area contributed by atoms with Gasteiger partial charge in [-0.1, -0.05) is 4.85 Å². The van der Waals surface area contributed by atoms with Crippen LogP contribution in [0.25, 0.3) is 0 Å². The van der Waals surface area contributed by atoms with Crippen molar-refractivity contribution in [3.63, 3.8) is 0 Å². The lowest BCUT2D eigenvalue weighted by atomic mass is 10.4. The van der Waals surface area contributed by atoms with E-state index >= 15 is 0 Å². The average molecular weight is 273 g/mol.